The Morgan fingerprint density at radius 3 is 1.35 bits per heavy atom. The molecule has 0 N–H and O–H groups in total. The smallest absolute Gasteiger partial charge is 0.0201 e. The second kappa shape index (κ2) is 8.49. The van der Waals surface area contributed by atoms with Crippen LogP contribution in [0, 0.1) is 0 Å². The molecule has 0 spiro atoms. The summed E-state index contributed by atoms with van der Waals surface area (Å²) in [6, 6.07) is 0. The van der Waals surface area contributed by atoms with Crippen molar-refractivity contribution in [3.8, 4) is 0 Å². The van der Waals surface area contributed by atoms with Crippen LogP contribution in [0.15, 0.2) is 0 Å². The second-order valence-corrected chi connectivity index (χ2v) is 14.8. The molecule has 4 rings (SSSR count). The Morgan fingerprint density at radius 1 is 0.478 bits per heavy atom. The van der Waals surface area contributed by atoms with Crippen LogP contribution >= 0.6 is 15.8 Å². The average Bonchev–Trinajstić information content (AvgIpc) is 3.26. The SMILES string of the molecule is C1CCC([P@]2CCC[C@@H]2C[C@H]2CCC[P@@]2C2CCCCC2)CC1. The summed E-state index contributed by atoms with van der Waals surface area (Å²) in [5.74, 6) is 0. The standard InChI is InChI=1S/C21H38P2/c1-3-9-18(10-4-1)22-15-7-13-20(22)17-21-14-8-16-23(21)19-11-5-2-6-12-19/h18-21H,1-17H2/t20-,21-,22+,23+/m1/s1. The van der Waals surface area contributed by atoms with Crippen molar-refractivity contribution < 1.29 is 0 Å². The molecule has 0 unspecified atom stereocenters. The van der Waals surface area contributed by atoms with Crippen molar-refractivity contribution in [2.24, 2.45) is 0 Å². The van der Waals surface area contributed by atoms with Crippen molar-refractivity contribution in [1.82, 2.24) is 0 Å². The molecule has 0 nitrogen and oxygen atoms in total. The van der Waals surface area contributed by atoms with Crippen LogP contribution in [-0.2, 0) is 0 Å². The van der Waals surface area contributed by atoms with E-state index in [2.05, 4.69) is 0 Å². The Labute approximate surface area is 147 Å². The predicted octanol–water partition coefficient (Wildman–Crippen LogP) is 7.33. The van der Waals surface area contributed by atoms with E-state index in [9.17, 15) is 0 Å². The summed E-state index contributed by atoms with van der Waals surface area (Å²) >= 11 is 0. The molecule has 0 aromatic heterocycles. The minimum Gasteiger partial charge on any atom is -0.100 e. The number of hydrogen-bond donors (Lipinski definition) is 0. The molecular weight excluding hydrogens is 314 g/mol. The normalized spacial score (nSPS) is 40.7. The molecule has 0 radical (unpaired) electrons. The van der Waals surface area contributed by atoms with Crippen molar-refractivity contribution in [1.29, 1.82) is 0 Å². The molecule has 2 heterocycles. The molecule has 2 aliphatic carbocycles. The largest absolute Gasteiger partial charge is 0.100 e. The average molecular weight is 352 g/mol. The minimum atomic E-state index is 0.431. The maximum atomic E-state index is 1.70. The van der Waals surface area contributed by atoms with Crippen molar-refractivity contribution in [3.05, 3.63) is 0 Å². The van der Waals surface area contributed by atoms with E-state index in [0.717, 1.165) is 0 Å². The molecule has 2 aliphatic heterocycles. The van der Waals surface area contributed by atoms with Gasteiger partial charge in [-0.15, -0.1) is 15.8 Å². The highest BCUT2D eigenvalue weighted by molar-refractivity contribution is 7.60. The van der Waals surface area contributed by atoms with Gasteiger partial charge in [0.1, 0.15) is 0 Å². The molecule has 132 valence electrons. The molecular formula is C21H38P2. The van der Waals surface area contributed by atoms with Gasteiger partial charge in [0, 0.05) is 0 Å². The van der Waals surface area contributed by atoms with Crippen LogP contribution in [0.5, 0.6) is 0 Å². The molecule has 4 atom stereocenters. The van der Waals surface area contributed by atoms with Gasteiger partial charge in [0.2, 0.25) is 0 Å². The zero-order valence-corrected chi connectivity index (χ0v) is 17.0. The summed E-state index contributed by atoms with van der Waals surface area (Å²) < 4.78 is 0. The molecule has 0 amide bonds. The first-order chi connectivity index (χ1) is 11.4. The summed E-state index contributed by atoms with van der Waals surface area (Å²) in [6.45, 7) is 0. The van der Waals surface area contributed by atoms with Gasteiger partial charge >= 0.3 is 0 Å². The topological polar surface area (TPSA) is 0 Å². The zero-order chi connectivity index (χ0) is 15.5. The fourth-order valence-corrected chi connectivity index (χ4v) is 14.4. The molecule has 0 bridgehead atoms. The third-order valence-electron chi connectivity index (χ3n) is 7.48. The lowest BCUT2D eigenvalue weighted by Gasteiger charge is -2.37. The molecule has 0 aromatic carbocycles. The lowest BCUT2D eigenvalue weighted by atomic mass is 10.0. The predicted molar refractivity (Wildman–Crippen MR) is 108 cm³/mol. The lowest BCUT2D eigenvalue weighted by Crippen LogP contribution is -2.21. The Bertz CT molecular complexity index is 323. The van der Waals surface area contributed by atoms with Crippen LogP contribution in [0.4, 0.5) is 0 Å². The van der Waals surface area contributed by atoms with Crippen LogP contribution in [0.3, 0.4) is 0 Å². The highest BCUT2D eigenvalue weighted by Gasteiger charge is 2.39. The second-order valence-electron chi connectivity index (χ2n) is 8.89. The van der Waals surface area contributed by atoms with E-state index in [1.54, 1.807) is 109 Å². The summed E-state index contributed by atoms with van der Waals surface area (Å²) in [7, 11) is 0.862. The first kappa shape index (κ1) is 17.3. The fourth-order valence-electron chi connectivity index (χ4n) is 6.32. The van der Waals surface area contributed by atoms with Gasteiger partial charge in [-0.25, -0.2) is 0 Å². The quantitative estimate of drug-likeness (QED) is 0.465. The van der Waals surface area contributed by atoms with E-state index in [-0.39, 0.29) is 0 Å². The molecule has 2 saturated carbocycles. The lowest BCUT2D eigenvalue weighted by molar-refractivity contribution is 0.505. The Balaban J connectivity index is 1.35. The minimum absolute atomic E-state index is 0.431. The third-order valence-corrected chi connectivity index (χ3v) is 14.9. The van der Waals surface area contributed by atoms with Crippen LogP contribution in [0.25, 0.3) is 0 Å². The molecule has 4 aliphatic rings. The summed E-state index contributed by atoms with van der Waals surface area (Å²) in [5.41, 5.74) is 4.83. The van der Waals surface area contributed by atoms with E-state index in [0.29, 0.717) is 15.8 Å². The van der Waals surface area contributed by atoms with E-state index in [4.69, 9.17) is 0 Å². The van der Waals surface area contributed by atoms with Gasteiger partial charge in [-0.1, -0.05) is 38.5 Å². The van der Waals surface area contributed by atoms with Gasteiger partial charge in [-0.3, -0.25) is 0 Å². The van der Waals surface area contributed by atoms with Gasteiger partial charge in [-0.05, 0) is 92.7 Å². The molecule has 2 saturated heterocycles. The molecule has 4 fully saturated rings. The van der Waals surface area contributed by atoms with Crippen molar-refractivity contribution >= 4 is 15.8 Å². The Morgan fingerprint density at radius 2 is 0.913 bits per heavy atom. The monoisotopic (exact) mass is 352 g/mol. The van der Waals surface area contributed by atoms with E-state index in [1.807, 2.05) is 0 Å². The maximum absolute atomic E-state index is 1.70. The highest BCUT2D eigenvalue weighted by Crippen LogP contribution is 2.64. The van der Waals surface area contributed by atoms with Gasteiger partial charge in [0.05, 0.1) is 0 Å². The van der Waals surface area contributed by atoms with E-state index in [1.165, 1.54) is 22.6 Å². The summed E-state index contributed by atoms with van der Waals surface area (Å²) in [5, 5.41) is 0. The van der Waals surface area contributed by atoms with Crippen molar-refractivity contribution in [2.45, 2.75) is 119 Å². The molecule has 0 aromatic rings. The van der Waals surface area contributed by atoms with Crippen molar-refractivity contribution in [2.75, 3.05) is 12.3 Å². The number of rotatable bonds is 4. The zero-order valence-electron chi connectivity index (χ0n) is 15.2. The Kier molecular flexibility index (Phi) is 6.38. The number of hydrogen-bond acceptors (Lipinski definition) is 0. The Hall–Kier alpha value is 0.860. The fraction of sp³-hybridized carbons (Fsp3) is 1.00. The van der Waals surface area contributed by atoms with Crippen molar-refractivity contribution in [3.63, 3.8) is 0 Å². The van der Waals surface area contributed by atoms with E-state index < -0.39 is 0 Å². The van der Waals surface area contributed by atoms with Crippen LogP contribution in [-0.4, -0.2) is 35.0 Å². The van der Waals surface area contributed by atoms with Gasteiger partial charge < -0.3 is 0 Å². The first-order valence-corrected chi connectivity index (χ1v) is 14.3. The van der Waals surface area contributed by atoms with Crippen LogP contribution in [0.2, 0.25) is 0 Å². The first-order valence-electron chi connectivity index (χ1n) is 10.9. The maximum Gasteiger partial charge on any atom is -0.0201 e. The van der Waals surface area contributed by atoms with Gasteiger partial charge in [-0.2, -0.15) is 0 Å². The highest BCUT2D eigenvalue weighted by atomic mass is 31.1. The third kappa shape index (κ3) is 4.17. The van der Waals surface area contributed by atoms with Crippen LogP contribution in [0.1, 0.15) is 96.3 Å². The summed E-state index contributed by atoms with van der Waals surface area (Å²) in [4.78, 5) is 0. The molecule has 2 heteroatoms. The van der Waals surface area contributed by atoms with Crippen LogP contribution < -0.4 is 0 Å². The summed E-state index contributed by atoms with van der Waals surface area (Å²) in [6.07, 6.45) is 27.3. The van der Waals surface area contributed by atoms with Gasteiger partial charge in [0.15, 0.2) is 0 Å². The van der Waals surface area contributed by atoms with E-state index >= 15 is 0 Å². The molecule has 23 heavy (non-hydrogen) atoms. The van der Waals surface area contributed by atoms with Gasteiger partial charge in [0.25, 0.3) is 0 Å².